The highest BCUT2D eigenvalue weighted by molar-refractivity contribution is 7.99. The van der Waals surface area contributed by atoms with E-state index >= 15 is 0 Å². The van der Waals surface area contributed by atoms with Gasteiger partial charge in [-0.05, 0) is 49.1 Å². The van der Waals surface area contributed by atoms with Crippen LogP contribution in [0.5, 0.6) is 11.5 Å². The first-order valence-electron chi connectivity index (χ1n) is 10.6. The average Bonchev–Trinajstić information content (AvgIpc) is 3.45. The van der Waals surface area contributed by atoms with Gasteiger partial charge in [0.25, 0.3) is 0 Å². The Balaban J connectivity index is 1.41. The molecule has 7 nitrogen and oxygen atoms in total. The molecule has 2 aromatic heterocycles. The van der Waals surface area contributed by atoms with Crippen LogP contribution in [0.2, 0.25) is 0 Å². The molecule has 0 saturated heterocycles. The van der Waals surface area contributed by atoms with Crippen LogP contribution in [0, 0.1) is 5.92 Å². The Kier molecular flexibility index (Phi) is 5.63. The molecule has 31 heavy (non-hydrogen) atoms. The molecule has 2 aliphatic rings. The lowest BCUT2D eigenvalue weighted by atomic mass is 9.85. The maximum absolute atomic E-state index is 12.9. The SMILES string of the molecule is CC1CCCCC1n1c(SCC(=O)c2ccc3c(c2)OCO3)nnc1-c1cccnc1. The second kappa shape index (κ2) is 8.70. The topological polar surface area (TPSA) is 79.1 Å². The molecule has 2 unspecified atom stereocenters. The maximum Gasteiger partial charge on any atom is 0.231 e. The van der Waals surface area contributed by atoms with Gasteiger partial charge in [0.15, 0.2) is 28.3 Å². The molecule has 1 saturated carbocycles. The van der Waals surface area contributed by atoms with Crippen LogP contribution >= 0.6 is 11.8 Å². The minimum absolute atomic E-state index is 0.0254. The van der Waals surface area contributed by atoms with Crippen molar-refractivity contribution in [1.82, 2.24) is 19.7 Å². The molecule has 2 atom stereocenters. The molecule has 3 aromatic rings. The summed E-state index contributed by atoms with van der Waals surface area (Å²) >= 11 is 1.44. The van der Waals surface area contributed by atoms with Crippen LogP contribution in [0.15, 0.2) is 47.9 Å². The van der Waals surface area contributed by atoms with E-state index in [2.05, 4.69) is 26.7 Å². The number of ether oxygens (including phenoxy) is 2. The standard InChI is InChI=1S/C23H24N4O3S/c1-15-5-2-3-7-18(15)27-22(17-6-4-10-24-12-17)25-26-23(27)31-13-19(28)16-8-9-20-21(11-16)30-14-29-20/h4,6,8-12,15,18H,2-3,5,7,13-14H2,1H3. The van der Waals surface area contributed by atoms with Crippen LogP contribution in [0.3, 0.4) is 0 Å². The number of carbonyl (C=O) groups is 1. The second-order valence-electron chi connectivity index (χ2n) is 8.03. The minimum Gasteiger partial charge on any atom is -0.454 e. The smallest absolute Gasteiger partial charge is 0.231 e. The Labute approximate surface area is 185 Å². The molecule has 1 aliphatic carbocycles. The number of hydrogen-bond donors (Lipinski definition) is 0. The summed E-state index contributed by atoms with van der Waals surface area (Å²) in [6.45, 7) is 2.49. The van der Waals surface area contributed by atoms with Crippen LogP contribution in [0.25, 0.3) is 11.4 Å². The van der Waals surface area contributed by atoms with E-state index in [0.29, 0.717) is 29.0 Å². The lowest BCUT2D eigenvalue weighted by molar-refractivity contribution is 0.102. The number of aromatic nitrogens is 4. The lowest BCUT2D eigenvalue weighted by Gasteiger charge is -2.31. The number of fused-ring (bicyclic) bond motifs is 1. The zero-order valence-electron chi connectivity index (χ0n) is 17.4. The predicted molar refractivity (Wildman–Crippen MR) is 118 cm³/mol. The summed E-state index contributed by atoms with van der Waals surface area (Å²) in [6.07, 6.45) is 8.31. The van der Waals surface area contributed by atoms with Crippen molar-refractivity contribution >= 4 is 17.5 Å². The number of thioether (sulfide) groups is 1. The highest BCUT2D eigenvalue weighted by Crippen LogP contribution is 2.39. The monoisotopic (exact) mass is 436 g/mol. The summed E-state index contributed by atoms with van der Waals surface area (Å²) in [7, 11) is 0. The first-order valence-corrected chi connectivity index (χ1v) is 11.6. The molecule has 160 valence electrons. The van der Waals surface area contributed by atoms with E-state index in [1.165, 1.54) is 31.0 Å². The van der Waals surface area contributed by atoms with Gasteiger partial charge in [-0.15, -0.1) is 10.2 Å². The Morgan fingerprint density at radius 3 is 2.87 bits per heavy atom. The van der Waals surface area contributed by atoms with Gasteiger partial charge >= 0.3 is 0 Å². The van der Waals surface area contributed by atoms with Crippen molar-refractivity contribution in [1.29, 1.82) is 0 Å². The van der Waals surface area contributed by atoms with Gasteiger partial charge < -0.3 is 9.47 Å². The van der Waals surface area contributed by atoms with Gasteiger partial charge in [0, 0.05) is 29.6 Å². The van der Waals surface area contributed by atoms with Crippen LogP contribution < -0.4 is 9.47 Å². The average molecular weight is 437 g/mol. The Hall–Kier alpha value is -2.87. The first-order chi connectivity index (χ1) is 15.2. The lowest BCUT2D eigenvalue weighted by Crippen LogP contribution is -2.22. The fraction of sp³-hybridized carbons (Fsp3) is 0.391. The zero-order chi connectivity index (χ0) is 21.2. The van der Waals surface area contributed by atoms with Gasteiger partial charge in [-0.3, -0.25) is 14.3 Å². The third-order valence-corrected chi connectivity index (χ3v) is 6.95. The summed E-state index contributed by atoms with van der Waals surface area (Å²) in [6, 6.07) is 9.56. The largest absolute Gasteiger partial charge is 0.454 e. The van der Waals surface area contributed by atoms with Crippen LogP contribution in [0.1, 0.15) is 49.0 Å². The maximum atomic E-state index is 12.9. The van der Waals surface area contributed by atoms with E-state index in [0.717, 1.165) is 23.0 Å². The van der Waals surface area contributed by atoms with Crippen LogP contribution in [0.4, 0.5) is 0 Å². The van der Waals surface area contributed by atoms with Crippen molar-refractivity contribution in [2.24, 2.45) is 5.92 Å². The molecule has 0 N–H and O–H groups in total. The van der Waals surface area contributed by atoms with Crippen LogP contribution in [-0.2, 0) is 0 Å². The van der Waals surface area contributed by atoms with Crippen molar-refractivity contribution in [3.63, 3.8) is 0 Å². The summed E-state index contributed by atoms with van der Waals surface area (Å²) in [5.41, 5.74) is 1.56. The summed E-state index contributed by atoms with van der Waals surface area (Å²) in [5, 5.41) is 9.76. The highest BCUT2D eigenvalue weighted by atomic mass is 32.2. The normalized spacial score (nSPS) is 20.0. The number of pyridine rings is 1. The van der Waals surface area contributed by atoms with Gasteiger partial charge in [-0.1, -0.05) is 31.5 Å². The predicted octanol–water partition coefficient (Wildman–Crippen LogP) is 4.80. The second-order valence-corrected chi connectivity index (χ2v) is 8.97. The number of carbonyl (C=O) groups excluding carboxylic acids is 1. The van der Waals surface area contributed by atoms with Crippen molar-refractivity contribution in [3.8, 4) is 22.9 Å². The number of nitrogens with zero attached hydrogens (tertiary/aromatic N) is 4. The number of rotatable bonds is 6. The van der Waals surface area contributed by atoms with Crippen molar-refractivity contribution in [3.05, 3.63) is 48.3 Å². The third-order valence-electron chi connectivity index (χ3n) is 6.01. The summed E-state index contributed by atoms with van der Waals surface area (Å²) in [4.78, 5) is 17.1. The zero-order valence-corrected chi connectivity index (χ0v) is 18.2. The molecule has 0 bridgehead atoms. The first kappa shape index (κ1) is 20.1. The fourth-order valence-electron chi connectivity index (χ4n) is 4.33. The molecule has 1 aromatic carbocycles. The van der Waals surface area contributed by atoms with E-state index in [1.807, 2.05) is 18.3 Å². The van der Waals surface area contributed by atoms with E-state index in [1.54, 1.807) is 24.4 Å². The molecule has 0 radical (unpaired) electrons. The Morgan fingerprint density at radius 2 is 2.03 bits per heavy atom. The van der Waals surface area contributed by atoms with Gasteiger partial charge in [0.2, 0.25) is 6.79 Å². The number of hydrogen-bond acceptors (Lipinski definition) is 7. The number of benzene rings is 1. The minimum atomic E-state index is 0.0254. The van der Waals surface area contributed by atoms with Crippen molar-refractivity contribution in [2.45, 2.75) is 43.8 Å². The Morgan fingerprint density at radius 1 is 1.16 bits per heavy atom. The molecule has 0 spiro atoms. The molecule has 1 aliphatic heterocycles. The highest BCUT2D eigenvalue weighted by Gasteiger charge is 2.29. The molecule has 8 heteroatoms. The summed E-state index contributed by atoms with van der Waals surface area (Å²) in [5.74, 6) is 2.96. The van der Waals surface area contributed by atoms with Crippen LogP contribution in [-0.4, -0.2) is 38.1 Å². The van der Waals surface area contributed by atoms with Gasteiger partial charge in [0.05, 0.1) is 5.75 Å². The quantitative estimate of drug-likeness (QED) is 0.406. The molecular formula is C23H24N4O3S. The molecule has 5 rings (SSSR count). The number of Topliss-reactive ketones (excluding diaryl/α,β-unsaturated/α-hetero) is 1. The summed E-state index contributed by atoms with van der Waals surface area (Å²) < 4.78 is 13.0. The van der Waals surface area contributed by atoms with E-state index < -0.39 is 0 Å². The molecule has 1 fully saturated rings. The van der Waals surface area contributed by atoms with Gasteiger partial charge in [0.1, 0.15) is 0 Å². The van der Waals surface area contributed by atoms with Crippen molar-refractivity contribution in [2.75, 3.05) is 12.5 Å². The molecule has 3 heterocycles. The number of ketones is 1. The van der Waals surface area contributed by atoms with E-state index in [9.17, 15) is 4.79 Å². The van der Waals surface area contributed by atoms with E-state index in [-0.39, 0.29) is 18.3 Å². The van der Waals surface area contributed by atoms with Gasteiger partial charge in [-0.2, -0.15) is 0 Å². The Bertz CT molecular complexity index is 1090. The fourth-order valence-corrected chi connectivity index (χ4v) is 5.22. The van der Waals surface area contributed by atoms with Gasteiger partial charge in [-0.25, -0.2) is 0 Å². The third kappa shape index (κ3) is 4.04. The molecular weight excluding hydrogens is 412 g/mol. The molecule has 0 amide bonds. The van der Waals surface area contributed by atoms with E-state index in [4.69, 9.17) is 9.47 Å². The van der Waals surface area contributed by atoms with Crippen molar-refractivity contribution < 1.29 is 14.3 Å².